The summed E-state index contributed by atoms with van der Waals surface area (Å²) >= 11 is 0. The van der Waals surface area contributed by atoms with Crippen LogP contribution in [0, 0.1) is 33.1 Å². The Balaban J connectivity index is 0.000000302. The van der Waals surface area contributed by atoms with Crippen molar-refractivity contribution in [3.8, 4) is 0 Å². The van der Waals surface area contributed by atoms with Crippen molar-refractivity contribution in [2.75, 3.05) is 0 Å². The fourth-order valence-corrected chi connectivity index (χ4v) is 10.7. The van der Waals surface area contributed by atoms with Gasteiger partial charge in [0.15, 0.2) is 0 Å². The van der Waals surface area contributed by atoms with Crippen molar-refractivity contribution >= 4 is 102 Å². The molecule has 0 spiro atoms. The Morgan fingerprint density at radius 2 is 0.490 bits per heavy atom. The average molecular weight is 1760 g/mol. The van der Waals surface area contributed by atoms with Crippen LogP contribution in [-0.2, 0) is 86.2 Å². The van der Waals surface area contributed by atoms with E-state index in [9.17, 15) is 0 Å². The molecule has 0 unspecified atom stereocenters. The molecule has 0 N–H and O–H groups in total. The maximum atomic E-state index is 4.53. The maximum absolute atomic E-state index is 4.53. The molecule has 0 saturated carbocycles. The molecule has 510 valence electrons. The van der Waals surface area contributed by atoms with Gasteiger partial charge in [0, 0.05) is 0 Å². The Hall–Kier alpha value is -8.85. The summed E-state index contributed by atoms with van der Waals surface area (Å²) in [5.41, 5.74) is 13.0. The van der Waals surface area contributed by atoms with Crippen molar-refractivity contribution < 1.29 is 73.4 Å². The van der Waals surface area contributed by atoms with Crippen molar-refractivity contribution in [2.24, 2.45) is 0 Å². The predicted molar refractivity (Wildman–Crippen MR) is 458 cm³/mol. The SMILES string of the molecule is CCc1cc2ccccc2[cH-]1.CCc1cc2ccccc2[cH-]1.Cc1cc2ccccc2[cH-]1.Cc1cc2ccccc2[cH-]1.[CH-]=[SiH2].[CH-]=[SiH2].[CH-]=[SiH2].[Hf+4].[Hf+4].[Ti+4].c1cc[cH-]c1.c1ccc([CH-]c2ccccc2)cc1.c1ccc([CH-]c2ccccc2)cc1.c1ccc([CH-]c2ccccc2)cc1.c1ccc2[cH-]ccc2c1. The van der Waals surface area contributed by atoms with Crippen molar-refractivity contribution in [3.05, 3.63) is 475 Å². The van der Waals surface area contributed by atoms with Crippen LogP contribution in [0.3, 0.4) is 0 Å². The van der Waals surface area contributed by atoms with Crippen LogP contribution in [0.4, 0.5) is 0 Å². The van der Waals surface area contributed by atoms with Gasteiger partial charge in [0.25, 0.3) is 0 Å². The number of hydrogen-bond donors (Lipinski definition) is 0. The zero-order valence-corrected chi connectivity index (χ0v) is 73.6. The van der Waals surface area contributed by atoms with E-state index in [0.717, 1.165) is 12.8 Å². The molecule has 0 saturated heterocycles. The Kier molecular flexibility index (Phi) is 47.0. The van der Waals surface area contributed by atoms with Crippen LogP contribution >= 0.6 is 0 Å². The van der Waals surface area contributed by atoms with Crippen molar-refractivity contribution in [1.29, 1.82) is 0 Å². The number of fused-ring (bicyclic) bond motifs is 5. The van der Waals surface area contributed by atoms with Crippen molar-refractivity contribution in [2.45, 2.75) is 40.5 Å². The van der Waals surface area contributed by atoms with Gasteiger partial charge < -0.3 is 18.5 Å². The molecule has 0 radical (unpaired) electrons. The van der Waals surface area contributed by atoms with Gasteiger partial charge in [-0.25, -0.2) is 41.7 Å². The van der Waals surface area contributed by atoms with Gasteiger partial charge in [-0.2, -0.15) is 60.0 Å². The first kappa shape index (κ1) is 89.4. The number of benzene rings is 11. The van der Waals surface area contributed by atoms with Gasteiger partial charge in [0.1, 0.15) is 0 Å². The summed E-state index contributed by atoms with van der Waals surface area (Å²) in [6.45, 7) is 8.63. The molecular formula is C98H94Hf2Si3Ti. The maximum Gasteiger partial charge on any atom is 4.00 e. The summed E-state index contributed by atoms with van der Waals surface area (Å²) in [5.74, 6) is 0. The minimum Gasteiger partial charge on any atom is -0.533 e. The summed E-state index contributed by atoms with van der Waals surface area (Å²) in [5, 5.41) is 13.5. The van der Waals surface area contributed by atoms with Crippen LogP contribution in [0.5, 0.6) is 0 Å². The number of hydrogen-bond acceptors (Lipinski definition) is 0. The second-order valence-corrected chi connectivity index (χ2v) is 23.0. The van der Waals surface area contributed by atoms with Gasteiger partial charge in [-0.05, 0) is 12.8 Å². The van der Waals surface area contributed by atoms with Crippen LogP contribution < -0.4 is 0 Å². The molecular weight excluding hydrogens is 1670 g/mol. The fourth-order valence-electron chi connectivity index (χ4n) is 10.7. The van der Waals surface area contributed by atoms with Crippen molar-refractivity contribution in [3.63, 3.8) is 0 Å². The molecule has 0 nitrogen and oxygen atoms in total. The van der Waals surface area contributed by atoms with Crippen LogP contribution in [0.2, 0.25) is 0 Å². The summed E-state index contributed by atoms with van der Waals surface area (Å²) in [4.78, 5) is 0. The van der Waals surface area contributed by atoms with Gasteiger partial charge in [-0.3, -0.25) is 0 Å². The van der Waals surface area contributed by atoms with E-state index in [-0.39, 0.29) is 73.4 Å². The molecule has 17 rings (SSSR count). The molecule has 17 aromatic rings. The quantitative estimate of drug-likeness (QED) is 0.105. The average Bonchev–Trinajstić information content (AvgIpc) is 1.69. The minimum atomic E-state index is 0. The first-order chi connectivity index (χ1) is 49.8. The van der Waals surface area contributed by atoms with Crippen LogP contribution in [0.15, 0.2) is 400 Å². The molecule has 0 heterocycles. The van der Waals surface area contributed by atoms with Crippen LogP contribution in [-0.4, -0.2) is 48.1 Å². The van der Waals surface area contributed by atoms with E-state index in [2.05, 4.69) is 399 Å². The monoisotopic (exact) mass is 1760 g/mol. The van der Waals surface area contributed by atoms with E-state index in [1.165, 1.54) is 139 Å². The first-order valence-electron chi connectivity index (χ1n) is 34.2. The molecule has 17 aromatic carbocycles. The Morgan fingerprint density at radius 1 is 0.260 bits per heavy atom. The van der Waals surface area contributed by atoms with Crippen LogP contribution in [0.25, 0.3) is 53.9 Å². The molecule has 0 aliphatic rings. The summed E-state index contributed by atoms with van der Waals surface area (Å²) in [7, 11) is 4.08. The Bertz CT molecular complexity index is 4210. The summed E-state index contributed by atoms with van der Waals surface area (Å²) in [6, 6.07) is 138. The number of aryl methyl sites for hydroxylation is 4. The molecule has 0 aromatic heterocycles. The molecule has 0 aliphatic carbocycles. The molecule has 0 aliphatic heterocycles. The normalized spacial score (nSPS) is 9.23. The second kappa shape index (κ2) is 54.7. The largest absolute Gasteiger partial charge is 4.00 e. The fraction of sp³-hybridized carbons (Fsp3) is 0.0612. The van der Waals surface area contributed by atoms with Gasteiger partial charge in [-0.1, -0.05) is 167 Å². The van der Waals surface area contributed by atoms with Gasteiger partial charge in [0.2, 0.25) is 0 Å². The third-order valence-corrected chi connectivity index (χ3v) is 15.6. The summed E-state index contributed by atoms with van der Waals surface area (Å²) < 4.78 is 0. The van der Waals surface area contributed by atoms with Gasteiger partial charge >= 0.3 is 73.4 Å². The molecule has 104 heavy (non-hydrogen) atoms. The van der Waals surface area contributed by atoms with Gasteiger partial charge in [0.05, 0.1) is 0 Å². The predicted octanol–water partition coefficient (Wildman–Crippen LogP) is 22.6. The molecule has 0 bridgehead atoms. The third kappa shape index (κ3) is 33.7. The molecule has 0 amide bonds. The first-order valence-corrected chi connectivity index (χ1v) is 36.7. The molecule has 6 heteroatoms. The van der Waals surface area contributed by atoms with E-state index in [4.69, 9.17) is 0 Å². The Labute approximate surface area is 684 Å². The van der Waals surface area contributed by atoms with Crippen molar-refractivity contribution in [1.82, 2.24) is 0 Å². The van der Waals surface area contributed by atoms with E-state index < -0.39 is 0 Å². The smallest absolute Gasteiger partial charge is 0.533 e. The third-order valence-electron chi connectivity index (χ3n) is 15.6. The van der Waals surface area contributed by atoms with Gasteiger partial charge in [-0.15, -0.1) is 317 Å². The minimum absolute atomic E-state index is 0. The molecule has 0 fully saturated rings. The van der Waals surface area contributed by atoms with E-state index in [1.54, 1.807) is 0 Å². The zero-order valence-electron chi connectivity index (χ0n) is 60.6. The topological polar surface area (TPSA) is 0 Å². The van der Waals surface area contributed by atoms with Crippen LogP contribution in [0.1, 0.15) is 69.5 Å². The zero-order chi connectivity index (χ0) is 71.8. The molecule has 0 atom stereocenters. The summed E-state index contributed by atoms with van der Waals surface area (Å²) in [6.07, 6.45) is 22.4. The number of rotatable bonds is 8. The van der Waals surface area contributed by atoms with E-state index in [1.807, 2.05) is 66.7 Å². The van der Waals surface area contributed by atoms with E-state index in [0.29, 0.717) is 0 Å². The van der Waals surface area contributed by atoms with E-state index >= 15 is 0 Å². The standard InChI is InChI=1S/3C13H11.2C11H11.2C10H9.C9H7.C5H5.3CH3Si.2Hf.Ti/c3*1-3-7-12(8-4-1)11-13-9-5-2-6-10-13;2*1-2-9-7-10-5-3-4-6-11(10)8-9;2*1-8-6-9-4-2-3-5-10(9)7-8;1-2-5-9-7-3-6-8(9)4-1;1-2-4-5-3-1;3*1-2;;;/h3*1-11H;2*3-8H,2H2,1H3;2*2-7H,1H3;1-7H;1-5H;3*1H,2H2;;;/q12*-1;3*+4. The second-order valence-electron chi connectivity index (χ2n) is 23.0. The Morgan fingerprint density at radius 3 is 0.721 bits per heavy atom.